The number of anilines is 3. The van der Waals surface area contributed by atoms with Crippen LogP contribution in [0.2, 0.25) is 0 Å². The van der Waals surface area contributed by atoms with Crippen molar-refractivity contribution >= 4 is 17.5 Å². The van der Waals surface area contributed by atoms with Gasteiger partial charge in [-0.15, -0.1) is 0 Å². The van der Waals surface area contributed by atoms with Gasteiger partial charge in [-0.1, -0.05) is 42.5 Å². The Morgan fingerprint density at radius 3 is 2.57 bits per heavy atom. The number of aryl methyl sites for hydroxylation is 1. The number of rotatable bonds is 5. The highest BCUT2D eigenvalue weighted by atomic mass is 15.1. The van der Waals surface area contributed by atoms with E-state index >= 15 is 0 Å². The predicted octanol–water partition coefficient (Wildman–Crippen LogP) is 4.70. The lowest BCUT2D eigenvalue weighted by Gasteiger charge is -2.15. The van der Waals surface area contributed by atoms with E-state index in [1.54, 1.807) is 6.20 Å². The van der Waals surface area contributed by atoms with Crippen molar-refractivity contribution < 1.29 is 0 Å². The van der Waals surface area contributed by atoms with Gasteiger partial charge in [0.25, 0.3) is 0 Å². The van der Waals surface area contributed by atoms with Crippen LogP contribution >= 0.6 is 0 Å². The molecule has 0 amide bonds. The molecule has 116 valence electrons. The van der Waals surface area contributed by atoms with Gasteiger partial charge in [0.15, 0.2) is 0 Å². The summed E-state index contributed by atoms with van der Waals surface area (Å²) in [6.45, 7) is 4.18. The molecule has 0 aliphatic carbocycles. The van der Waals surface area contributed by atoms with Crippen molar-refractivity contribution in [1.29, 1.82) is 0 Å². The van der Waals surface area contributed by atoms with Gasteiger partial charge in [0.1, 0.15) is 5.82 Å². The minimum Gasteiger partial charge on any atom is -0.363 e. The Morgan fingerprint density at radius 1 is 0.957 bits per heavy atom. The van der Waals surface area contributed by atoms with Gasteiger partial charge in [0.05, 0.1) is 0 Å². The van der Waals surface area contributed by atoms with Crippen LogP contribution in [0.5, 0.6) is 0 Å². The molecule has 0 bridgehead atoms. The highest BCUT2D eigenvalue weighted by Gasteiger charge is 2.06. The van der Waals surface area contributed by atoms with Gasteiger partial charge in [-0.3, -0.25) is 0 Å². The quantitative estimate of drug-likeness (QED) is 0.717. The Labute approximate surface area is 136 Å². The number of nitrogens with one attached hydrogen (secondary N) is 2. The molecular weight excluding hydrogens is 284 g/mol. The van der Waals surface area contributed by atoms with Gasteiger partial charge in [-0.2, -0.15) is 4.98 Å². The molecular formula is C19H20N4. The third-order valence-electron chi connectivity index (χ3n) is 3.59. The minimum absolute atomic E-state index is 0.179. The summed E-state index contributed by atoms with van der Waals surface area (Å²) in [5.74, 6) is 1.38. The molecule has 0 fully saturated rings. The summed E-state index contributed by atoms with van der Waals surface area (Å²) in [6.07, 6.45) is 1.76. The van der Waals surface area contributed by atoms with Gasteiger partial charge in [-0.25, -0.2) is 4.98 Å². The monoisotopic (exact) mass is 304 g/mol. The van der Waals surface area contributed by atoms with Gasteiger partial charge < -0.3 is 10.6 Å². The Morgan fingerprint density at radius 2 is 1.78 bits per heavy atom. The first-order valence-corrected chi connectivity index (χ1v) is 7.69. The summed E-state index contributed by atoms with van der Waals surface area (Å²) >= 11 is 0. The lowest BCUT2D eigenvalue weighted by molar-refractivity contribution is 0.873. The zero-order valence-electron chi connectivity index (χ0n) is 13.3. The van der Waals surface area contributed by atoms with Gasteiger partial charge in [-0.05, 0) is 43.2 Å². The van der Waals surface area contributed by atoms with Crippen molar-refractivity contribution in [1.82, 2.24) is 9.97 Å². The predicted molar refractivity (Wildman–Crippen MR) is 95.0 cm³/mol. The van der Waals surface area contributed by atoms with Crippen molar-refractivity contribution in [3.8, 4) is 0 Å². The maximum Gasteiger partial charge on any atom is 0.229 e. The van der Waals surface area contributed by atoms with Crippen molar-refractivity contribution in [3.05, 3.63) is 78.0 Å². The molecule has 3 rings (SSSR count). The maximum absolute atomic E-state index is 4.53. The fourth-order valence-electron chi connectivity index (χ4n) is 2.40. The first-order valence-electron chi connectivity index (χ1n) is 7.69. The van der Waals surface area contributed by atoms with Crippen molar-refractivity contribution in [2.75, 3.05) is 10.6 Å². The Kier molecular flexibility index (Phi) is 4.52. The molecule has 0 spiro atoms. The van der Waals surface area contributed by atoms with Crippen LogP contribution in [0.3, 0.4) is 0 Å². The summed E-state index contributed by atoms with van der Waals surface area (Å²) in [7, 11) is 0. The average Bonchev–Trinajstić information content (AvgIpc) is 2.56. The molecule has 1 atom stereocenters. The lowest BCUT2D eigenvalue weighted by Crippen LogP contribution is -2.09. The highest BCUT2D eigenvalue weighted by Crippen LogP contribution is 2.19. The number of hydrogen-bond acceptors (Lipinski definition) is 4. The first kappa shape index (κ1) is 15.0. The molecule has 1 aromatic heterocycles. The fraction of sp³-hybridized carbons (Fsp3) is 0.158. The van der Waals surface area contributed by atoms with E-state index in [4.69, 9.17) is 0 Å². The maximum atomic E-state index is 4.53. The molecule has 3 aromatic rings. The van der Waals surface area contributed by atoms with Crippen LogP contribution in [0.15, 0.2) is 66.9 Å². The molecule has 1 heterocycles. The third kappa shape index (κ3) is 4.07. The van der Waals surface area contributed by atoms with Crippen molar-refractivity contribution in [2.45, 2.75) is 19.9 Å². The highest BCUT2D eigenvalue weighted by molar-refractivity contribution is 5.55. The largest absolute Gasteiger partial charge is 0.363 e. The van der Waals surface area contributed by atoms with Crippen molar-refractivity contribution in [2.24, 2.45) is 0 Å². The smallest absolute Gasteiger partial charge is 0.229 e. The lowest BCUT2D eigenvalue weighted by atomic mass is 10.1. The standard InChI is InChI=1S/C19H20N4/c1-14-7-6-10-17(13-14)22-19-20-12-11-18(23-19)21-15(2)16-8-4-3-5-9-16/h3-13,15H,1-2H3,(H2,20,21,22,23). The Hall–Kier alpha value is -2.88. The average molecular weight is 304 g/mol. The first-order chi connectivity index (χ1) is 11.2. The molecule has 0 aliphatic heterocycles. The second-order valence-electron chi connectivity index (χ2n) is 5.54. The van der Waals surface area contributed by atoms with Gasteiger partial charge in [0.2, 0.25) is 5.95 Å². The van der Waals surface area contributed by atoms with E-state index in [0.717, 1.165) is 11.5 Å². The van der Waals surface area contributed by atoms with Crippen LogP contribution in [-0.4, -0.2) is 9.97 Å². The van der Waals surface area contributed by atoms with Crippen LogP contribution < -0.4 is 10.6 Å². The van der Waals surface area contributed by atoms with E-state index in [2.05, 4.69) is 58.7 Å². The zero-order valence-corrected chi connectivity index (χ0v) is 13.3. The third-order valence-corrected chi connectivity index (χ3v) is 3.59. The van der Waals surface area contributed by atoms with Crippen LogP contribution in [0.1, 0.15) is 24.1 Å². The van der Waals surface area contributed by atoms with Crippen LogP contribution in [0.25, 0.3) is 0 Å². The molecule has 0 aliphatic rings. The van der Waals surface area contributed by atoms with E-state index in [-0.39, 0.29) is 6.04 Å². The zero-order chi connectivity index (χ0) is 16.1. The summed E-state index contributed by atoms with van der Waals surface area (Å²) in [5.41, 5.74) is 3.40. The molecule has 0 saturated heterocycles. The van der Waals surface area contributed by atoms with Gasteiger partial charge in [0, 0.05) is 17.9 Å². The van der Waals surface area contributed by atoms with E-state index < -0.39 is 0 Å². The molecule has 23 heavy (non-hydrogen) atoms. The molecule has 0 saturated carbocycles. The number of benzene rings is 2. The second-order valence-corrected chi connectivity index (χ2v) is 5.54. The summed E-state index contributed by atoms with van der Waals surface area (Å²) in [4.78, 5) is 8.81. The van der Waals surface area contributed by atoms with Crippen molar-refractivity contribution in [3.63, 3.8) is 0 Å². The summed E-state index contributed by atoms with van der Waals surface area (Å²) < 4.78 is 0. The normalized spacial score (nSPS) is 11.7. The van der Waals surface area contributed by atoms with Crippen LogP contribution in [-0.2, 0) is 0 Å². The number of nitrogens with zero attached hydrogens (tertiary/aromatic N) is 2. The molecule has 2 aromatic carbocycles. The molecule has 1 unspecified atom stereocenters. The molecule has 2 N–H and O–H groups in total. The Bertz CT molecular complexity index is 771. The Balaban J connectivity index is 1.72. The van der Waals surface area contributed by atoms with Crippen LogP contribution in [0, 0.1) is 6.92 Å². The van der Waals surface area contributed by atoms with Gasteiger partial charge >= 0.3 is 0 Å². The van der Waals surface area contributed by atoms with E-state index in [0.29, 0.717) is 5.95 Å². The minimum atomic E-state index is 0.179. The SMILES string of the molecule is Cc1cccc(Nc2nccc(NC(C)c3ccccc3)n2)c1. The molecule has 0 radical (unpaired) electrons. The molecule has 4 nitrogen and oxygen atoms in total. The second kappa shape index (κ2) is 6.92. The van der Waals surface area contributed by atoms with E-state index in [9.17, 15) is 0 Å². The van der Waals surface area contributed by atoms with E-state index in [1.807, 2.05) is 36.4 Å². The topological polar surface area (TPSA) is 49.8 Å². The molecule has 4 heteroatoms. The summed E-state index contributed by atoms with van der Waals surface area (Å²) in [6, 6.07) is 20.5. The number of hydrogen-bond donors (Lipinski definition) is 2. The fourth-order valence-corrected chi connectivity index (χ4v) is 2.40. The number of aromatic nitrogens is 2. The summed E-state index contributed by atoms with van der Waals surface area (Å²) in [5, 5.41) is 6.64. The van der Waals surface area contributed by atoms with E-state index in [1.165, 1.54) is 11.1 Å². The van der Waals surface area contributed by atoms with Crippen LogP contribution in [0.4, 0.5) is 17.5 Å².